The summed E-state index contributed by atoms with van der Waals surface area (Å²) in [5.74, 6) is 1.23. The Morgan fingerprint density at radius 2 is 1.83 bits per heavy atom. The molecular weight excluding hydrogens is 212 g/mol. The molecule has 70 valence electrons. The van der Waals surface area contributed by atoms with Crippen molar-refractivity contribution in [3.8, 4) is 11.6 Å². The highest BCUT2D eigenvalue weighted by Crippen LogP contribution is 2.45. The number of rotatable bonds is 2. The van der Waals surface area contributed by atoms with Gasteiger partial charge in [0, 0.05) is 25.8 Å². The third-order valence-electron chi connectivity index (χ3n) is 0.815. The van der Waals surface area contributed by atoms with Crippen LogP contribution in [0, 0.1) is 11.6 Å². The third-order valence-corrected chi connectivity index (χ3v) is 2.26. The van der Waals surface area contributed by atoms with Crippen LogP contribution >= 0.6 is 19.2 Å². The maximum absolute atomic E-state index is 11.9. The second-order valence-corrected chi connectivity index (χ2v) is 4.02. The summed E-state index contributed by atoms with van der Waals surface area (Å²) in [5, 5.41) is -3.72. The minimum atomic E-state index is -3.72. The Bertz CT molecular complexity index is 244. The van der Waals surface area contributed by atoms with E-state index in [4.69, 9.17) is 0 Å². The lowest BCUT2D eigenvalue weighted by Gasteiger charge is -2.04. The van der Waals surface area contributed by atoms with Gasteiger partial charge in [0.1, 0.15) is 0 Å². The second-order valence-electron chi connectivity index (χ2n) is 1.60. The Morgan fingerprint density at radius 1 is 1.42 bits per heavy atom. The monoisotopic (exact) mass is 218 g/mol. The molecule has 0 radical (unpaired) electrons. The lowest BCUT2D eigenvalue weighted by atomic mass is 10.7. The Balaban J connectivity index is 4.58. The van der Waals surface area contributed by atoms with E-state index in [2.05, 4.69) is 20.6 Å². The van der Waals surface area contributed by atoms with Gasteiger partial charge in [-0.1, -0.05) is 0 Å². The molecule has 0 aromatic heterocycles. The van der Waals surface area contributed by atoms with Crippen LogP contribution in [0.25, 0.3) is 0 Å². The third kappa shape index (κ3) is 4.68. The average molecular weight is 219 g/mol. The van der Waals surface area contributed by atoms with E-state index in [9.17, 15) is 13.3 Å². The molecule has 0 amide bonds. The first-order valence-corrected chi connectivity index (χ1v) is 4.58. The number of hydrogen-bond donors (Lipinski definition) is 0. The molecule has 0 aromatic rings. The summed E-state index contributed by atoms with van der Waals surface area (Å²) in [6.07, 6.45) is 0. The highest BCUT2D eigenvalue weighted by atomic mass is 35.5. The summed E-state index contributed by atoms with van der Waals surface area (Å²) in [6.45, 7) is 0. The molecule has 0 saturated heterocycles. The summed E-state index contributed by atoms with van der Waals surface area (Å²) in [7, 11) is -1.64. The molecule has 0 fully saturated rings. The molecule has 0 spiro atoms. The van der Waals surface area contributed by atoms with Crippen molar-refractivity contribution in [2.45, 2.75) is 5.38 Å². The van der Waals surface area contributed by atoms with E-state index in [0.29, 0.717) is 0 Å². The molecular formula is C5H6ClF2O3P. The van der Waals surface area contributed by atoms with Gasteiger partial charge in [-0.05, 0) is 11.6 Å². The van der Waals surface area contributed by atoms with E-state index in [1.807, 2.05) is 0 Å². The quantitative estimate of drug-likeness (QED) is 0.405. The molecule has 0 aliphatic carbocycles. The normalized spacial score (nSPS) is 12.1. The predicted molar refractivity (Wildman–Crippen MR) is 40.2 cm³/mol. The highest BCUT2D eigenvalue weighted by molar-refractivity contribution is 7.59. The zero-order chi connectivity index (χ0) is 9.83. The molecule has 12 heavy (non-hydrogen) atoms. The van der Waals surface area contributed by atoms with Gasteiger partial charge in [0.25, 0.3) is 0 Å². The van der Waals surface area contributed by atoms with Gasteiger partial charge in [-0.25, -0.2) is 4.57 Å². The lowest BCUT2D eigenvalue weighted by Crippen LogP contribution is -1.99. The van der Waals surface area contributed by atoms with E-state index in [-0.39, 0.29) is 0 Å². The van der Waals surface area contributed by atoms with Crippen LogP contribution in [0.5, 0.6) is 0 Å². The van der Waals surface area contributed by atoms with Gasteiger partial charge < -0.3 is 9.05 Å². The van der Waals surface area contributed by atoms with Gasteiger partial charge in [0.05, 0.1) is 0 Å². The predicted octanol–water partition coefficient (Wildman–Crippen LogP) is 2.26. The maximum Gasteiger partial charge on any atom is 0.405 e. The zero-order valence-electron chi connectivity index (χ0n) is 6.31. The Hall–Kier alpha value is -0.140. The van der Waals surface area contributed by atoms with E-state index >= 15 is 0 Å². The van der Waals surface area contributed by atoms with Crippen molar-refractivity contribution in [3.63, 3.8) is 0 Å². The molecule has 0 aliphatic rings. The zero-order valence-corrected chi connectivity index (χ0v) is 7.96. The fourth-order valence-electron chi connectivity index (χ4n) is 0.298. The molecule has 0 atom stereocenters. The maximum atomic E-state index is 11.9. The first kappa shape index (κ1) is 11.9. The van der Waals surface area contributed by atoms with Crippen molar-refractivity contribution < 1.29 is 22.4 Å². The standard InChI is InChI=1S/C5H6ClF2O3P/c1-10-12(9,11-2)4-3-5(6,7)8/h1-2H3. The molecule has 0 N–H and O–H groups in total. The van der Waals surface area contributed by atoms with Gasteiger partial charge >= 0.3 is 13.0 Å². The first-order chi connectivity index (χ1) is 5.33. The molecule has 0 heterocycles. The summed E-state index contributed by atoms with van der Waals surface area (Å²) < 4.78 is 43.3. The van der Waals surface area contributed by atoms with E-state index < -0.39 is 13.0 Å². The van der Waals surface area contributed by atoms with Crippen LogP contribution in [0.3, 0.4) is 0 Å². The van der Waals surface area contributed by atoms with Gasteiger partial charge in [-0.15, -0.1) is 0 Å². The molecule has 0 aromatic carbocycles. The first-order valence-electron chi connectivity index (χ1n) is 2.65. The Kier molecular flexibility index (Phi) is 4.15. The largest absolute Gasteiger partial charge is 0.405 e. The fraction of sp³-hybridized carbons (Fsp3) is 0.600. The van der Waals surface area contributed by atoms with Crippen molar-refractivity contribution in [1.29, 1.82) is 0 Å². The topological polar surface area (TPSA) is 35.5 Å². The van der Waals surface area contributed by atoms with Crippen LogP contribution in [0.15, 0.2) is 0 Å². The van der Waals surface area contributed by atoms with Crippen LogP contribution in [-0.2, 0) is 13.6 Å². The van der Waals surface area contributed by atoms with Crippen molar-refractivity contribution in [1.82, 2.24) is 0 Å². The van der Waals surface area contributed by atoms with Crippen molar-refractivity contribution in [2.24, 2.45) is 0 Å². The smallest absolute Gasteiger partial charge is 0.303 e. The van der Waals surface area contributed by atoms with Crippen LogP contribution in [0.4, 0.5) is 8.78 Å². The average Bonchev–Trinajstić information content (AvgIpc) is 1.99. The van der Waals surface area contributed by atoms with Crippen LogP contribution < -0.4 is 0 Å². The van der Waals surface area contributed by atoms with Gasteiger partial charge in [-0.3, -0.25) is 0 Å². The minimum absolute atomic E-state index is 1.03. The molecule has 0 unspecified atom stereocenters. The van der Waals surface area contributed by atoms with Gasteiger partial charge in [-0.2, -0.15) is 8.78 Å². The fourth-order valence-corrected chi connectivity index (χ4v) is 1.02. The Morgan fingerprint density at radius 3 is 2.08 bits per heavy atom. The summed E-state index contributed by atoms with van der Waals surface area (Å²) in [4.78, 5) is 0. The highest BCUT2D eigenvalue weighted by Gasteiger charge is 2.24. The summed E-state index contributed by atoms with van der Waals surface area (Å²) in [5.41, 5.74) is 1.61. The molecule has 0 saturated carbocycles. The number of alkyl halides is 3. The molecule has 7 heteroatoms. The van der Waals surface area contributed by atoms with E-state index in [1.54, 1.807) is 5.66 Å². The SMILES string of the molecule is COP(=O)(C#CC(F)(F)Cl)OC. The van der Waals surface area contributed by atoms with Gasteiger partial charge in [0.2, 0.25) is 0 Å². The molecule has 0 rings (SSSR count). The van der Waals surface area contributed by atoms with E-state index in [0.717, 1.165) is 14.2 Å². The second kappa shape index (κ2) is 4.20. The van der Waals surface area contributed by atoms with Crippen LogP contribution in [-0.4, -0.2) is 19.6 Å². The number of hydrogen-bond acceptors (Lipinski definition) is 3. The molecule has 0 bridgehead atoms. The summed E-state index contributed by atoms with van der Waals surface area (Å²) in [6, 6.07) is 0. The molecule has 0 aliphatic heterocycles. The lowest BCUT2D eigenvalue weighted by molar-refractivity contribution is 0.164. The van der Waals surface area contributed by atoms with Crippen LogP contribution in [0.2, 0.25) is 0 Å². The van der Waals surface area contributed by atoms with Crippen molar-refractivity contribution >= 4 is 19.2 Å². The van der Waals surface area contributed by atoms with Crippen molar-refractivity contribution in [2.75, 3.05) is 14.2 Å². The van der Waals surface area contributed by atoms with Crippen LogP contribution in [0.1, 0.15) is 0 Å². The minimum Gasteiger partial charge on any atom is -0.303 e. The molecule has 3 nitrogen and oxygen atoms in total. The van der Waals surface area contributed by atoms with Gasteiger partial charge in [0.15, 0.2) is 0 Å². The Labute approximate surface area is 73.5 Å². The van der Waals surface area contributed by atoms with Crippen molar-refractivity contribution in [3.05, 3.63) is 0 Å². The van der Waals surface area contributed by atoms with E-state index in [1.165, 1.54) is 5.92 Å². The summed E-state index contributed by atoms with van der Waals surface area (Å²) >= 11 is 4.41. The number of halogens is 3.